The third-order valence-corrected chi connectivity index (χ3v) is 3.63. The van der Waals surface area contributed by atoms with Gasteiger partial charge in [-0.2, -0.15) is 0 Å². The molecule has 0 radical (unpaired) electrons. The number of hydrogen-bond acceptors (Lipinski definition) is 5. The second-order valence-electron chi connectivity index (χ2n) is 5.11. The molecule has 23 heavy (non-hydrogen) atoms. The lowest BCUT2D eigenvalue weighted by molar-refractivity contribution is 0.407. The number of nitrogens with zero attached hydrogens (tertiary/aromatic N) is 4. The van der Waals surface area contributed by atoms with Gasteiger partial charge in [-0.25, -0.2) is 9.67 Å². The van der Waals surface area contributed by atoms with Crippen LogP contribution >= 0.6 is 0 Å². The van der Waals surface area contributed by atoms with E-state index in [9.17, 15) is 0 Å². The molecule has 0 N–H and O–H groups in total. The Hall–Kier alpha value is -3.15. The average molecular weight is 306 g/mol. The highest BCUT2D eigenvalue weighted by Crippen LogP contribution is 2.29. The fourth-order valence-electron chi connectivity index (χ4n) is 2.50. The molecule has 2 aromatic carbocycles. The summed E-state index contributed by atoms with van der Waals surface area (Å²) in [6.45, 7) is 0.594. The van der Waals surface area contributed by atoms with E-state index in [0.717, 1.165) is 28.0 Å². The smallest absolute Gasteiger partial charge is 0.227 e. The number of rotatable bonds is 4. The predicted octanol–water partition coefficient (Wildman–Crippen LogP) is 3.14. The van der Waals surface area contributed by atoms with Gasteiger partial charge in [0.1, 0.15) is 11.3 Å². The second kappa shape index (κ2) is 5.57. The summed E-state index contributed by atoms with van der Waals surface area (Å²) in [5.41, 5.74) is 3.50. The molecule has 0 amide bonds. The van der Waals surface area contributed by atoms with Crippen molar-refractivity contribution in [2.24, 2.45) is 0 Å². The van der Waals surface area contributed by atoms with E-state index in [0.29, 0.717) is 12.4 Å². The van der Waals surface area contributed by atoms with Crippen molar-refractivity contribution in [1.82, 2.24) is 20.0 Å². The van der Waals surface area contributed by atoms with Gasteiger partial charge < -0.3 is 9.15 Å². The van der Waals surface area contributed by atoms with Crippen LogP contribution in [-0.2, 0) is 6.54 Å². The van der Waals surface area contributed by atoms with Crippen LogP contribution in [0.15, 0.2) is 59.3 Å². The van der Waals surface area contributed by atoms with Crippen LogP contribution in [-0.4, -0.2) is 27.1 Å². The summed E-state index contributed by atoms with van der Waals surface area (Å²) in [6, 6.07) is 13.6. The molecule has 0 aliphatic carbocycles. The molecule has 114 valence electrons. The van der Waals surface area contributed by atoms with Crippen LogP contribution in [0, 0.1) is 0 Å². The standard InChI is InChI=1S/C17H14N4O2/c1-22-16-10-12(6-7-13(16)11-21-9-8-18-20-21)17-19-14-4-2-3-5-15(14)23-17/h2-10H,11H2,1H3. The maximum absolute atomic E-state index is 5.81. The molecule has 0 aliphatic heterocycles. The fourth-order valence-corrected chi connectivity index (χ4v) is 2.50. The van der Waals surface area contributed by atoms with E-state index >= 15 is 0 Å². The largest absolute Gasteiger partial charge is 0.496 e. The van der Waals surface area contributed by atoms with Crippen LogP contribution in [0.25, 0.3) is 22.6 Å². The molecule has 0 atom stereocenters. The minimum atomic E-state index is 0.580. The molecule has 4 rings (SSSR count). The Morgan fingerprint density at radius 3 is 2.87 bits per heavy atom. The van der Waals surface area contributed by atoms with Crippen molar-refractivity contribution in [3.8, 4) is 17.2 Å². The molecule has 0 unspecified atom stereocenters. The second-order valence-corrected chi connectivity index (χ2v) is 5.11. The lowest BCUT2D eigenvalue weighted by Gasteiger charge is -2.09. The monoisotopic (exact) mass is 306 g/mol. The number of aromatic nitrogens is 4. The molecule has 0 aliphatic rings. The Morgan fingerprint density at radius 1 is 1.17 bits per heavy atom. The lowest BCUT2D eigenvalue weighted by Crippen LogP contribution is -2.02. The maximum atomic E-state index is 5.81. The van der Waals surface area contributed by atoms with Crippen LogP contribution in [0.3, 0.4) is 0 Å². The van der Waals surface area contributed by atoms with Crippen molar-refractivity contribution in [1.29, 1.82) is 0 Å². The van der Waals surface area contributed by atoms with Crippen LogP contribution in [0.4, 0.5) is 0 Å². The molecule has 2 heterocycles. The fraction of sp³-hybridized carbons (Fsp3) is 0.118. The summed E-state index contributed by atoms with van der Waals surface area (Å²) in [6.07, 6.45) is 3.47. The molecule has 0 fully saturated rings. The molecule has 0 saturated carbocycles. The first-order valence-electron chi connectivity index (χ1n) is 7.20. The summed E-state index contributed by atoms with van der Waals surface area (Å²) in [5.74, 6) is 1.34. The normalized spacial score (nSPS) is 11.0. The first-order valence-corrected chi connectivity index (χ1v) is 7.20. The Bertz CT molecular complexity index is 911. The van der Waals surface area contributed by atoms with Crippen molar-refractivity contribution in [3.05, 3.63) is 60.4 Å². The minimum absolute atomic E-state index is 0.580. The minimum Gasteiger partial charge on any atom is -0.496 e. The average Bonchev–Trinajstić information content (AvgIpc) is 3.24. The number of oxazole rings is 1. The summed E-state index contributed by atoms with van der Waals surface area (Å²) >= 11 is 0. The van der Waals surface area contributed by atoms with Crippen molar-refractivity contribution in [3.63, 3.8) is 0 Å². The highest BCUT2D eigenvalue weighted by atomic mass is 16.5. The van der Waals surface area contributed by atoms with Crippen molar-refractivity contribution in [2.45, 2.75) is 6.54 Å². The number of para-hydroxylation sites is 2. The van der Waals surface area contributed by atoms with Crippen molar-refractivity contribution in [2.75, 3.05) is 7.11 Å². The topological polar surface area (TPSA) is 66.0 Å². The van der Waals surface area contributed by atoms with Gasteiger partial charge in [0, 0.05) is 17.3 Å². The van der Waals surface area contributed by atoms with E-state index in [4.69, 9.17) is 9.15 Å². The highest BCUT2D eigenvalue weighted by molar-refractivity contribution is 5.76. The first-order chi connectivity index (χ1) is 11.3. The Balaban J connectivity index is 1.72. The van der Waals surface area contributed by atoms with E-state index in [1.807, 2.05) is 48.7 Å². The zero-order valence-electron chi connectivity index (χ0n) is 12.5. The van der Waals surface area contributed by atoms with Gasteiger partial charge in [0.25, 0.3) is 0 Å². The van der Waals surface area contributed by atoms with Gasteiger partial charge >= 0.3 is 0 Å². The Kier molecular flexibility index (Phi) is 3.27. The molecular formula is C17H14N4O2. The van der Waals surface area contributed by atoms with Gasteiger partial charge in [0.15, 0.2) is 5.58 Å². The third kappa shape index (κ3) is 2.55. The maximum Gasteiger partial charge on any atom is 0.227 e. The molecule has 0 bridgehead atoms. The van der Waals surface area contributed by atoms with E-state index in [1.54, 1.807) is 18.0 Å². The van der Waals surface area contributed by atoms with Crippen LogP contribution in [0.2, 0.25) is 0 Å². The SMILES string of the molecule is COc1cc(-c2nc3ccccc3o2)ccc1Cn1ccnn1. The molecule has 0 spiro atoms. The van der Waals surface area contributed by atoms with Gasteiger partial charge in [-0.15, -0.1) is 5.10 Å². The van der Waals surface area contributed by atoms with Gasteiger partial charge in [0.05, 0.1) is 19.9 Å². The van der Waals surface area contributed by atoms with Gasteiger partial charge in [-0.1, -0.05) is 23.4 Å². The van der Waals surface area contributed by atoms with Gasteiger partial charge in [-0.3, -0.25) is 0 Å². The van der Waals surface area contributed by atoms with E-state index in [2.05, 4.69) is 15.3 Å². The third-order valence-electron chi connectivity index (χ3n) is 3.63. The summed E-state index contributed by atoms with van der Waals surface area (Å²) in [7, 11) is 1.65. The van der Waals surface area contributed by atoms with Gasteiger partial charge in [0.2, 0.25) is 5.89 Å². The molecule has 2 aromatic heterocycles. The van der Waals surface area contributed by atoms with E-state index < -0.39 is 0 Å². The number of ether oxygens (including phenoxy) is 1. The quantitative estimate of drug-likeness (QED) is 0.579. The summed E-state index contributed by atoms with van der Waals surface area (Å²) < 4.78 is 13.1. The highest BCUT2D eigenvalue weighted by Gasteiger charge is 2.11. The zero-order chi connectivity index (χ0) is 15.6. The van der Waals surface area contributed by atoms with Crippen molar-refractivity contribution < 1.29 is 9.15 Å². The van der Waals surface area contributed by atoms with Gasteiger partial charge in [-0.05, 0) is 24.3 Å². The summed E-state index contributed by atoms with van der Waals surface area (Å²) in [4.78, 5) is 4.51. The molecule has 4 aromatic rings. The lowest BCUT2D eigenvalue weighted by atomic mass is 10.1. The summed E-state index contributed by atoms with van der Waals surface area (Å²) in [5, 5.41) is 7.79. The Labute approximate surface area is 132 Å². The van der Waals surface area contributed by atoms with Crippen molar-refractivity contribution >= 4 is 11.1 Å². The number of hydrogen-bond donors (Lipinski definition) is 0. The van der Waals surface area contributed by atoms with Crippen LogP contribution in [0.1, 0.15) is 5.56 Å². The predicted molar refractivity (Wildman–Crippen MR) is 85.1 cm³/mol. The number of benzene rings is 2. The molecule has 6 heteroatoms. The molecular weight excluding hydrogens is 292 g/mol. The van der Waals surface area contributed by atoms with E-state index in [-0.39, 0.29) is 0 Å². The molecule has 6 nitrogen and oxygen atoms in total. The van der Waals surface area contributed by atoms with Crippen LogP contribution in [0.5, 0.6) is 5.75 Å². The molecule has 0 saturated heterocycles. The Morgan fingerprint density at radius 2 is 2.09 bits per heavy atom. The zero-order valence-corrected chi connectivity index (χ0v) is 12.5. The van der Waals surface area contributed by atoms with Crippen LogP contribution < -0.4 is 4.74 Å². The first kappa shape index (κ1) is 13.5. The number of fused-ring (bicyclic) bond motifs is 1. The number of methoxy groups -OCH3 is 1. The van der Waals surface area contributed by atoms with E-state index in [1.165, 1.54) is 0 Å².